The van der Waals surface area contributed by atoms with Crippen molar-refractivity contribution in [2.75, 3.05) is 13.7 Å². The van der Waals surface area contributed by atoms with Crippen LogP contribution in [0.3, 0.4) is 0 Å². The molecule has 0 aliphatic heterocycles. The Hall–Kier alpha value is -2.59. The highest BCUT2D eigenvalue weighted by molar-refractivity contribution is 5.80. The van der Waals surface area contributed by atoms with Crippen LogP contribution < -0.4 is 10.1 Å². The normalized spacial score (nSPS) is 13.3. The van der Waals surface area contributed by atoms with E-state index in [9.17, 15) is 5.11 Å². The molecule has 1 atom stereocenters. The van der Waals surface area contributed by atoms with Crippen molar-refractivity contribution in [1.82, 2.24) is 0 Å². The second-order valence-electron chi connectivity index (χ2n) is 5.41. The Kier molecular flexibility index (Phi) is 4.44. The molecule has 4 nitrogen and oxygen atoms in total. The zero-order chi connectivity index (χ0) is 16.2. The van der Waals surface area contributed by atoms with E-state index < -0.39 is 6.10 Å². The maximum absolute atomic E-state index is 9.53. The van der Waals surface area contributed by atoms with Crippen molar-refractivity contribution >= 4 is 11.0 Å². The molecule has 0 bridgehead atoms. The number of hydrogen-bond donors (Lipinski definition) is 1. The molecular weight excluding hydrogens is 290 g/mol. The van der Waals surface area contributed by atoms with Crippen LogP contribution in [0.1, 0.15) is 6.92 Å². The lowest BCUT2D eigenvalue weighted by atomic mass is 10.1. The van der Waals surface area contributed by atoms with Crippen molar-refractivity contribution in [2.24, 2.45) is 4.99 Å². The summed E-state index contributed by atoms with van der Waals surface area (Å²) in [5, 5.41) is 11.2. The van der Waals surface area contributed by atoms with Crippen LogP contribution in [0.4, 0.5) is 0 Å². The summed E-state index contributed by atoms with van der Waals surface area (Å²) in [4.78, 5) is 4.53. The second-order valence-corrected chi connectivity index (χ2v) is 5.41. The fourth-order valence-corrected chi connectivity index (χ4v) is 2.38. The Balaban J connectivity index is 2.24. The zero-order valence-corrected chi connectivity index (χ0v) is 13.2. The van der Waals surface area contributed by atoms with E-state index in [2.05, 4.69) is 4.99 Å². The van der Waals surface area contributed by atoms with Crippen molar-refractivity contribution < 1.29 is 14.3 Å². The quantitative estimate of drug-likeness (QED) is 0.803. The van der Waals surface area contributed by atoms with Gasteiger partial charge in [-0.2, -0.15) is 0 Å². The van der Waals surface area contributed by atoms with Crippen molar-refractivity contribution in [3.8, 4) is 17.1 Å². The van der Waals surface area contributed by atoms with Gasteiger partial charge in [0.1, 0.15) is 17.1 Å². The molecule has 3 aromatic rings. The molecule has 0 saturated heterocycles. The van der Waals surface area contributed by atoms with Crippen LogP contribution in [0.5, 0.6) is 5.75 Å². The molecule has 23 heavy (non-hydrogen) atoms. The molecule has 0 aliphatic rings. The Bertz CT molecular complexity index is 867. The zero-order valence-electron chi connectivity index (χ0n) is 13.2. The molecule has 1 aromatic heterocycles. The number of methoxy groups -OCH3 is 1. The number of nitrogens with zero attached hydrogens (tertiary/aromatic N) is 1. The molecule has 1 heterocycles. The number of hydrogen-bond acceptors (Lipinski definition) is 4. The first-order chi connectivity index (χ1) is 11.2. The van der Waals surface area contributed by atoms with Gasteiger partial charge in [0.2, 0.25) is 0 Å². The van der Waals surface area contributed by atoms with Gasteiger partial charge in [-0.3, -0.25) is 4.99 Å². The van der Waals surface area contributed by atoms with Gasteiger partial charge in [0, 0.05) is 17.0 Å². The summed E-state index contributed by atoms with van der Waals surface area (Å²) in [7, 11) is 1.63. The summed E-state index contributed by atoms with van der Waals surface area (Å²) < 4.78 is 11.3. The summed E-state index contributed by atoms with van der Waals surface area (Å²) in [6, 6.07) is 17.4. The van der Waals surface area contributed by atoms with Crippen molar-refractivity contribution in [3.63, 3.8) is 0 Å². The highest BCUT2D eigenvalue weighted by Crippen LogP contribution is 2.24. The lowest BCUT2D eigenvalue weighted by Gasteiger charge is -2.07. The lowest BCUT2D eigenvalue weighted by molar-refractivity contribution is 0.203. The number of aliphatic hydroxyl groups excluding tert-OH is 1. The summed E-state index contributed by atoms with van der Waals surface area (Å²) >= 11 is 0. The lowest BCUT2D eigenvalue weighted by Crippen LogP contribution is -2.11. The van der Waals surface area contributed by atoms with Gasteiger partial charge in [0.25, 0.3) is 0 Å². The molecule has 118 valence electrons. The third-order valence-electron chi connectivity index (χ3n) is 3.53. The summed E-state index contributed by atoms with van der Waals surface area (Å²) in [5.74, 6) is 1.49. The van der Waals surface area contributed by atoms with Crippen LogP contribution in [0, 0.1) is 0 Å². The van der Waals surface area contributed by atoms with Crippen LogP contribution in [0.2, 0.25) is 0 Å². The van der Waals surface area contributed by atoms with Gasteiger partial charge in [0.15, 0.2) is 0 Å². The minimum atomic E-state index is -0.493. The molecule has 0 saturated carbocycles. The van der Waals surface area contributed by atoms with E-state index in [4.69, 9.17) is 9.15 Å². The van der Waals surface area contributed by atoms with Gasteiger partial charge in [-0.25, -0.2) is 0 Å². The molecular formula is C19H19NO3. The van der Waals surface area contributed by atoms with Gasteiger partial charge in [-0.15, -0.1) is 0 Å². The Morgan fingerprint density at radius 2 is 1.91 bits per heavy atom. The average molecular weight is 309 g/mol. The molecule has 1 unspecified atom stereocenters. The summed E-state index contributed by atoms with van der Waals surface area (Å²) in [6.45, 7) is 2.06. The first-order valence-corrected chi connectivity index (χ1v) is 7.53. The SMILES string of the molecule is COc1ccc2oc(-c3ccccc3)cc(=NCC(C)O)c2c1. The molecule has 2 aromatic carbocycles. The minimum Gasteiger partial charge on any atom is -0.497 e. The first kappa shape index (κ1) is 15.3. The minimum absolute atomic E-state index is 0.338. The first-order valence-electron chi connectivity index (χ1n) is 7.53. The van der Waals surface area contributed by atoms with Gasteiger partial charge in [0.05, 0.1) is 25.1 Å². The molecule has 4 heteroatoms. The van der Waals surface area contributed by atoms with E-state index in [1.54, 1.807) is 14.0 Å². The van der Waals surface area contributed by atoms with E-state index in [0.717, 1.165) is 33.4 Å². The van der Waals surface area contributed by atoms with Gasteiger partial charge in [-0.1, -0.05) is 30.3 Å². The van der Waals surface area contributed by atoms with Crippen LogP contribution in [0.15, 0.2) is 64.0 Å². The molecule has 0 fully saturated rings. The number of fused-ring (bicyclic) bond motifs is 1. The van der Waals surface area contributed by atoms with Crippen molar-refractivity contribution in [2.45, 2.75) is 13.0 Å². The van der Waals surface area contributed by atoms with Crippen molar-refractivity contribution in [3.05, 3.63) is 60.0 Å². The summed E-state index contributed by atoms with van der Waals surface area (Å²) in [6.07, 6.45) is -0.493. The van der Waals surface area contributed by atoms with Crippen LogP contribution >= 0.6 is 0 Å². The fourth-order valence-electron chi connectivity index (χ4n) is 2.38. The monoisotopic (exact) mass is 309 g/mol. The average Bonchev–Trinajstić information content (AvgIpc) is 2.59. The maximum atomic E-state index is 9.53. The van der Waals surface area contributed by atoms with E-state index in [1.807, 2.05) is 54.6 Å². The predicted octanol–water partition coefficient (Wildman–Crippen LogP) is 3.39. The predicted molar refractivity (Wildman–Crippen MR) is 90.3 cm³/mol. The number of rotatable bonds is 4. The maximum Gasteiger partial charge on any atom is 0.137 e. The molecule has 0 aliphatic carbocycles. The Morgan fingerprint density at radius 1 is 1.13 bits per heavy atom. The molecule has 0 radical (unpaired) electrons. The van der Waals surface area contributed by atoms with Gasteiger partial charge < -0.3 is 14.3 Å². The van der Waals surface area contributed by atoms with E-state index in [-0.39, 0.29) is 0 Å². The second kappa shape index (κ2) is 6.67. The Labute approximate surface area is 134 Å². The molecule has 3 rings (SSSR count). The topological polar surface area (TPSA) is 55.0 Å². The van der Waals surface area contributed by atoms with Crippen molar-refractivity contribution in [1.29, 1.82) is 0 Å². The highest BCUT2D eigenvalue weighted by atomic mass is 16.5. The smallest absolute Gasteiger partial charge is 0.137 e. The van der Waals surface area contributed by atoms with Crippen LogP contribution in [-0.4, -0.2) is 24.9 Å². The van der Waals surface area contributed by atoms with E-state index in [1.165, 1.54) is 0 Å². The molecule has 0 spiro atoms. The Morgan fingerprint density at radius 3 is 2.61 bits per heavy atom. The summed E-state index contributed by atoms with van der Waals surface area (Å²) in [5.41, 5.74) is 1.72. The highest BCUT2D eigenvalue weighted by Gasteiger charge is 2.07. The molecule has 1 N–H and O–H groups in total. The van der Waals surface area contributed by atoms with Gasteiger partial charge in [-0.05, 0) is 25.1 Å². The van der Waals surface area contributed by atoms with Gasteiger partial charge >= 0.3 is 0 Å². The third kappa shape index (κ3) is 3.43. The van der Waals surface area contributed by atoms with E-state index >= 15 is 0 Å². The molecule has 0 amide bonds. The van der Waals surface area contributed by atoms with Crippen LogP contribution in [-0.2, 0) is 0 Å². The fraction of sp³-hybridized carbons (Fsp3) is 0.211. The number of aliphatic hydroxyl groups is 1. The van der Waals surface area contributed by atoms with E-state index in [0.29, 0.717) is 6.54 Å². The van der Waals surface area contributed by atoms with Crippen LogP contribution in [0.25, 0.3) is 22.3 Å². The number of ether oxygens (including phenoxy) is 1. The third-order valence-corrected chi connectivity index (χ3v) is 3.53. The number of benzene rings is 2. The largest absolute Gasteiger partial charge is 0.497 e. The standard InChI is InChI=1S/C19H19NO3/c1-13(21)12-20-17-11-19(14-6-4-3-5-7-14)23-18-9-8-15(22-2)10-16(17)18/h3-11,13,21H,12H2,1-2H3.